The third-order valence-corrected chi connectivity index (χ3v) is 2.96. The second-order valence-corrected chi connectivity index (χ2v) is 4.39. The monoisotopic (exact) mass is 296 g/mol. The Morgan fingerprint density at radius 2 is 2.24 bits per heavy atom. The molecule has 88 valence electrons. The van der Waals surface area contributed by atoms with Gasteiger partial charge in [-0.3, -0.25) is 10.1 Å². The lowest BCUT2D eigenvalue weighted by Gasteiger charge is -2.02. The van der Waals surface area contributed by atoms with Crippen molar-refractivity contribution in [3.8, 4) is 5.69 Å². The highest BCUT2D eigenvalue weighted by Crippen LogP contribution is 2.27. The normalized spacial score (nSPS) is 10.5. The van der Waals surface area contributed by atoms with Crippen molar-refractivity contribution in [2.75, 3.05) is 5.73 Å². The van der Waals surface area contributed by atoms with Crippen molar-refractivity contribution >= 4 is 27.4 Å². The highest BCUT2D eigenvalue weighted by molar-refractivity contribution is 9.10. The summed E-state index contributed by atoms with van der Waals surface area (Å²) in [5.74, 6) is 0.444. The molecule has 0 aliphatic heterocycles. The van der Waals surface area contributed by atoms with Crippen molar-refractivity contribution in [3.05, 3.63) is 44.5 Å². The van der Waals surface area contributed by atoms with Crippen LogP contribution in [0.5, 0.6) is 0 Å². The molecule has 0 saturated heterocycles. The summed E-state index contributed by atoms with van der Waals surface area (Å²) in [4.78, 5) is 10.2. The number of nitrogen functional groups attached to an aromatic ring is 1. The van der Waals surface area contributed by atoms with Crippen LogP contribution in [0.25, 0.3) is 5.69 Å². The number of benzene rings is 1. The molecule has 0 aliphatic carbocycles. The van der Waals surface area contributed by atoms with E-state index in [1.165, 1.54) is 6.07 Å². The Hall–Kier alpha value is -1.89. The van der Waals surface area contributed by atoms with Crippen LogP contribution >= 0.6 is 15.9 Å². The number of nitro groups is 1. The van der Waals surface area contributed by atoms with Crippen LogP contribution in [0.2, 0.25) is 0 Å². The molecule has 6 nitrogen and oxygen atoms in total. The summed E-state index contributed by atoms with van der Waals surface area (Å²) in [6, 6.07) is 4.67. The van der Waals surface area contributed by atoms with E-state index in [0.29, 0.717) is 16.0 Å². The van der Waals surface area contributed by atoms with Gasteiger partial charge in [-0.15, -0.1) is 0 Å². The van der Waals surface area contributed by atoms with E-state index in [0.717, 1.165) is 5.56 Å². The maximum Gasteiger partial charge on any atom is 0.283 e. The number of hydrogen-bond acceptors (Lipinski definition) is 4. The lowest BCUT2D eigenvalue weighted by Crippen LogP contribution is -1.97. The fraction of sp³-hybridized carbons (Fsp3) is 0.100. The summed E-state index contributed by atoms with van der Waals surface area (Å²) in [6.45, 7) is 1.85. The molecule has 0 spiro atoms. The van der Waals surface area contributed by atoms with E-state index in [1.54, 1.807) is 23.0 Å². The van der Waals surface area contributed by atoms with Gasteiger partial charge in [0.2, 0.25) is 0 Å². The van der Waals surface area contributed by atoms with Gasteiger partial charge in [-0.05, 0) is 35.0 Å². The van der Waals surface area contributed by atoms with Gasteiger partial charge < -0.3 is 5.73 Å². The fourth-order valence-corrected chi connectivity index (χ4v) is 1.90. The molecular formula is C10H9BrN4O2. The number of hydrogen-bond donors (Lipinski definition) is 1. The standard InChI is InChI=1S/C10H9BrN4O2/c1-6-5-14(13-10(6)12)7-2-3-9(15(16)17)8(11)4-7/h2-5H,1H3,(H2,12,13). The third-order valence-electron chi connectivity index (χ3n) is 2.33. The van der Waals surface area contributed by atoms with Crippen molar-refractivity contribution < 1.29 is 4.92 Å². The molecule has 2 N–H and O–H groups in total. The van der Waals surface area contributed by atoms with Gasteiger partial charge in [0.1, 0.15) is 5.82 Å². The van der Waals surface area contributed by atoms with Crippen LogP contribution in [0.1, 0.15) is 5.56 Å². The van der Waals surface area contributed by atoms with Crippen LogP contribution in [0.3, 0.4) is 0 Å². The molecule has 0 saturated carbocycles. The second kappa shape index (κ2) is 4.17. The quantitative estimate of drug-likeness (QED) is 0.681. The van der Waals surface area contributed by atoms with Crippen LogP contribution in [0, 0.1) is 17.0 Å². The van der Waals surface area contributed by atoms with E-state index in [4.69, 9.17) is 5.73 Å². The highest BCUT2D eigenvalue weighted by Gasteiger charge is 2.13. The number of nitrogens with two attached hydrogens (primary N) is 1. The predicted octanol–water partition coefficient (Wildman–Crippen LogP) is 2.43. The van der Waals surface area contributed by atoms with Crippen LogP contribution < -0.4 is 5.73 Å². The Balaban J connectivity index is 2.47. The average Bonchev–Trinajstić information content (AvgIpc) is 2.58. The Morgan fingerprint density at radius 1 is 1.53 bits per heavy atom. The third kappa shape index (κ3) is 2.14. The molecule has 1 heterocycles. The zero-order valence-corrected chi connectivity index (χ0v) is 10.5. The topological polar surface area (TPSA) is 87.0 Å². The molecule has 1 aromatic heterocycles. The molecule has 17 heavy (non-hydrogen) atoms. The lowest BCUT2D eigenvalue weighted by atomic mass is 10.3. The smallest absolute Gasteiger partial charge is 0.283 e. The SMILES string of the molecule is Cc1cn(-c2ccc([N+](=O)[O-])c(Br)c2)nc1N. The summed E-state index contributed by atoms with van der Waals surface area (Å²) in [5.41, 5.74) is 7.23. The summed E-state index contributed by atoms with van der Waals surface area (Å²) in [5, 5.41) is 14.8. The molecule has 0 radical (unpaired) electrons. The van der Waals surface area contributed by atoms with E-state index in [-0.39, 0.29) is 5.69 Å². The number of nitro benzene ring substituents is 1. The Kier molecular flexibility index (Phi) is 2.84. The fourth-order valence-electron chi connectivity index (χ4n) is 1.39. The minimum atomic E-state index is -0.448. The summed E-state index contributed by atoms with van der Waals surface area (Å²) < 4.78 is 1.99. The molecule has 0 aliphatic rings. The van der Waals surface area contributed by atoms with Gasteiger partial charge in [0, 0.05) is 17.8 Å². The van der Waals surface area contributed by atoms with Gasteiger partial charge in [-0.2, -0.15) is 5.10 Å². The van der Waals surface area contributed by atoms with Crippen molar-refractivity contribution in [2.24, 2.45) is 0 Å². The van der Waals surface area contributed by atoms with Crippen LogP contribution in [-0.4, -0.2) is 14.7 Å². The molecule has 2 rings (SSSR count). The van der Waals surface area contributed by atoms with E-state index in [9.17, 15) is 10.1 Å². The number of nitrogens with zero attached hydrogens (tertiary/aromatic N) is 3. The zero-order valence-electron chi connectivity index (χ0n) is 8.92. The molecule has 0 unspecified atom stereocenters. The van der Waals surface area contributed by atoms with Crippen LogP contribution in [0.15, 0.2) is 28.9 Å². The van der Waals surface area contributed by atoms with E-state index >= 15 is 0 Å². The predicted molar refractivity (Wildman–Crippen MR) is 67.1 cm³/mol. The molecule has 7 heteroatoms. The summed E-state index contributed by atoms with van der Waals surface area (Å²) in [7, 11) is 0. The Labute approximate surface area is 105 Å². The minimum absolute atomic E-state index is 0.0191. The van der Waals surface area contributed by atoms with Crippen molar-refractivity contribution in [1.29, 1.82) is 0 Å². The molecule has 1 aromatic carbocycles. The highest BCUT2D eigenvalue weighted by atomic mass is 79.9. The van der Waals surface area contributed by atoms with Gasteiger partial charge in [0.25, 0.3) is 5.69 Å². The summed E-state index contributed by atoms with van der Waals surface area (Å²) >= 11 is 3.16. The van der Waals surface area contributed by atoms with Gasteiger partial charge in [-0.1, -0.05) is 0 Å². The Morgan fingerprint density at radius 3 is 2.71 bits per heavy atom. The number of rotatable bonds is 2. The number of aromatic nitrogens is 2. The maximum atomic E-state index is 10.7. The summed E-state index contributed by atoms with van der Waals surface area (Å²) in [6.07, 6.45) is 1.77. The molecule has 2 aromatic rings. The van der Waals surface area contributed by atoms with Crippen LogP contribution in [0.4, 0.5) is 11.5 Å². The van der Waals surface area contributed by atoms with Gasteiger partial charge in [0.05, 0.1) is 15.1 Å². The van der Waals surface area contributed by atoms with E-state index < -0.39 is 4.92 Å². The Bertz CT molecular complexity index is 574. The first-order valence-corrected chi connectivity index (χ1v) is 5.54. The zero-order chi connectivity index (χ0) is 12.6. The number of anilines is 1. The molecule has 0 atom stereocenters. The first kappa shape index (κ1) is 11.6. The largest absolute Gasteiger partial charge is 0.382 e. The maximum absolute atomic E-state index is 10.7. The number of halogens is 1. The lowest BCUT2D eigenvalue weighted by molar-refractivity contribution is -0.385. The van der Waals surface area contributed by atoms with Gasteiger partial charge >= 0.3 is 0 Å². The van der Waals surface area contributed by atoms with E-state index in [2.05, 4.69) is 21.0 Å². The first-order chi connectivity index (χ1) is 7.99. The molecule has 0 bridgehead atoms. The van der Waals surface area contributed by atoms with Crippen molar-refractivity contribution in [3.63, 3.8) is 0 Å². The van der Waals surface area contributed by atoms with Gasteiger partial charge in [-0.25, -0.2) is 4.68 Å². The first-order valence-electron chi connectivity index (χ1n) is 4.75. The van der Waals surface area contributed by atoms with Crippen molar-refractivity contribution in [2.45, 2.75) is 6.92 Å². The molecule has 0 amide bonds. The minimum Gasteiger partial charge on any atom is -0.382 e. The molecular weight excluding hydrogens is 288 g/mol. The molecule has 0 fully saturated rings. The van der Waals surface area contributed by atoms with E-state index in [1.807, 2.05) is 6.92 Å². The van der Waals surface area contributed by atoms with Gasteiger partial charge in [0.15, 0.2) is 0 Å². The van der Waals surface area contributed by atoms with Crippen molar-refractivity contribution in [1.82, 2.24) is 9.78 Å². The number of aryl methyl sites for hydroxylation is 1. The van der Waals surface area contributed by atoms with Crippen LogP contribution in [-0.2, 0) is 0 Å². The average molecular weight is 297 g/mol. The second-order valence-electron chi connectivity index (χ2n) is 3.53.